The first kappa shape index (κ1) is 14.5. The fourth-order valence-electron chi connectivity index (χ4n) is 3.98. The fraction of sp³-hybridized carbons (Fsp3) is 0.316. The van der Waals surface area contributed by atoms with Crippen LogP contribution < -0.4 is 9.47 Å². The van der Waals surface area contributed by atoms with Crippen LogP contribution in [0.25, 0.3) is 27.3 Å². The van der Waals surface area contributed by atoms with Crippen LogP contribution in [0.15, 0.2) is 24.5 Å². The van der Waals surface area contributed by atoms with E-state index < -0.39 is 0 Å². The van der Waals surface area contributed by atoms with Gasteiger partial charge in [-0.3, -0.25) is 4.40 Å². The first-order valence-electron chi connectivity index (χ1n) is 8.82. The molecule has 6 rings (SSSR count). The Hall–Kier alpha value is -2.67. The lowest BCUT2D eigenvalue weighted by Gasteiger charge is -2.17. The summed E-state index contributed by atoms with van der Waals surface area (Å²) in [4.78, 5) is 7.25. The van der Waals surface area contributed by atoms with Crippen molar-refractivity contribution in [2.75, 3.05) is 6.79 Å². The molecule has 0 N–H and O–H groups in total. The molecular formula is C19H16N4O2S. The lowest BCUT2D eigenvalue weighted by Crippen LogP contribution is -2.09. The largest absolute Gasteiger partial charge is 0.454 e. The number of aryl methyl sites for hydroxylation is 1. The Labute approximate surface area is 153 Å². The van der Waals surface area contributed by atoms with E-state index in [0.717, 1.165) is 46.2 Å². The zero-order chi connectivity index (χ0) is 17.3. The van der Waals surface area contributed by atoms with Crippen LogP contribution in [0.1, 0.15) is 23.8 Å². The van der Waals surface area contributed by atoms with Crippen molar-refractivity contribution in [1.29, 1.82) is 0 Å². The van der Waals surface area contributed by atoms with Gasteiger partial charge in [0.25, 0.3) is 0 Å². The molecule has 4 heterocycles. The van der Waals surface area contributed by atoms with E-state index in [1.165, 1.54) is 22.2 Å². The number of thiophene rings is 1. The molecule has 0 unspecified atom stereocenters. The van der Waals surface area contributed by atoms with Crippen LogP contribution >= 0.6 is 11.3 Å². The molecule has 0 saturated carbocycles. The Bertz CT molecular complexity index is 1180. The summed E-state index contributed by atoms with van der Waals surface area (Å²) in [5, 5.41) is 10.2. The molecule has 0 amide bonds. The number of rotatable bonds is 1. The summed E-state index contributed by atoms with van der Waals surface area (Å²) in [5.41, 5.74) is 3.26. The van der Waals surface area contributed by atoms with E-state index in [1.54, 1.807) is 0 Å². The van der Waals surface area contributed by atoms with E-state index in [2.05, 4.69) is 17.1 Å². The molecule has 1 aliphatic carbocycles. The van der Waals surface area contributed by atoms with Crippen molar-refractivity contribution in [1.82, 2.24) is 19.6 Å². The van der Waals surface area contributed by atoms with Gasteiger partial charge in [-0.2, -0.15) is 0 Å². The summed E-state index contributed by atoms with van der Waals surface area (Å²) in [6.07, 6.45) is 5.34. The van der Waals surface area contributed by atoms with Crippen LogP contribution in [-0.4, -0.2) is 26.4 Å². The van der Waals surface area contributed by atoms with Crippen LogP contribution in [0.2, 0.25) is 0 Å². The molecule has 130 valence electrons. The second kappa shape index (κ2) is 5.17. The van der Waals surface area contributed by atoms with E-state index in [0.29, 0.717) is 5.92 Å². The molecule has 1 atom stereocenters. The minimum Gasteiger partial charge on any atom is -0.454 e. The van der Waals surface area contributed by atoms with Crippen molar-refractivity contribution >= 4 is 27.2 Å². The number of nitrogens with zero attached hydrogens (tertiary/aromatic N) is 4. The highest BCUT2D eigenvalue weighted by Crippen LogP contribution is 2.40. The van der Waals surface area contributed by atoms with Gasteiger partial charge in [0.05, 0.1) is 5.39 Å². The highest BCUT2D eigenvalue weighted by molar-refractivity contribution is 7.19. The molecule has 7 heteroatoms. The first-order chi connectivity index (χ1) is 12.8. The first-order valence-corrected chi connectivity index (χ1v) is 9.63. The second-order valence-corrected chi connectivity index (χ2v) is 8.15. The molecule has 26 heavy (non-hydrogen) atoms. The smallest absolute Gasteiger partial charge is 0.231 e. The van der Waals surface area contributed by atoms with Crippen molar-refractivity contribution in [3.63, 3.8) is 0 Å². The molecule has 1 aromatic carbocycles. The highest BCUT2D eigenvalue weighted by atomic mass is 32.1. The van der Waals surface area contributed by atoms with Gasteiger partial charge in [0.15, 0.2) is 23.0 Å². The van der Waals surface area contributed by atoms with Crippen molar-refractivity contribution in [3.8, 4) is 22.9 Å². The Morgan fingerprint density at radius 3 is 3.08 bits per heavy atom. The number of fused-ring (bicyclic) bond motifs is 6. The summed E-state index contributed by atoms with van der Waals surface area (Å²) in [5.74, 6) is 2.99. The third kappa shape index (κ3) is 1.94. The zero-order valence-electron chi connectivity index (χ0n) is 14.2. The van der Waals surface area contributed by atoms with Gasteiger partial charge in [0, 0.05) is 10.4 Å². The molecule has 1 aliphatic heterocycles. The summed E-state index contributed by atoms with van der Waals surface area (Å²) in [7, 11) is 0. The van der Waals surface area contributed by atoms with E-state index in [1.807, 2.05) is 40.3 Å². The molecular weight excluding hydrogens is 348 g/mol. The molecule has 2 aliphatic rings. The van der Waals surface area contributed by atoms with Crippen LogP contribution in [0.4, 0.5) is 0 Å². The van der Waals surface area contributed by atoms with Gasteiger partial charge in [0.1, 0.15) is 11.2 Å². The lowest BCUT2D eigenvalue weighted by molar-refractivity contribution is 0.174. The van der Waals surface area contributed by atoms with Crippen LogP contribution in [0, 0.1) is 5.92 Å². The number of hydrogen-bond acceptors (Lipinski definition) is 6. The predicted molar refractivity (Wildman–Crippen MR) is 98.9 cm³/mol. The maximum Gasteiger partial charge on any atom is 0.231 e. The standard InChI is InChI=1S/C19H16N4O2S/c1-10-2-5-15-12(6-10)16-18-22-21-17(23(18)8-20-19(16)26-15)11-3-4-13-14(7-11)25-9-24-13/h3-4,7-8,10H,2,5-6,9H2,1H3/t10-/m0/s1. The Morgan fingerprint density at radius 2 is 2.12 bits per heavy atom. The van der Waals surface area contributed by atoms with Crippen molar-refractivity contribution in [2.24, 2.45) is 5.92 Å². The topological polar surface area (TPSA) is 61.5 Å². The molecule has 0 spiro atoms. The lowest BCUT2D eigenvalue weighted by atomic mass is 9.89. The number of aromatic nitrogens is 4. The number of ether oxygens (including phenoxy) is 2. The van der Waals surface area contributed by atoms with Crippen LogP contribution in [-0.2, 0) is 12.8 Å². The third-order valence-corrected chi connectivity index (χ3v) is 6.53. The highest BCUT2D eigenvalue weighted by Gasteiger charge is 2.24. The minimum atomic E-state index is 0.265. The van der Waals surface area contributed by atoms with Crippen LogP contribution in [0.5, 0.6) is 11.5 Å². The van der Waals surface area contributed by atoms with Crippen molar-refractivity contribution in [3.05, 3.63) is 35.0 Å². The van der Waals surface area contributed by atoms with Gasteiger partial charge in [-0.1, -0.05) is 6.92 Å². The number of benzene rings is 1. The minimum absolute atomic E-state index is 0.265. The van der Waals surface area contributed by atoms with E-state index >= 15 is 0 Å². The molecule has 0 radical (unpaired) electrons. The molecule has 0 saturated heterocycles. The third-order valence-electron chi connectivity index (χ3n) is 5.33. The van der Waals surface area contributed by atoms with Gasteiger partial charge >= 0.3 is 0 Å². The average molecular weight is 364 g/mol. The van der Waals surface area contributed by atoms with E-state index in [9.17, 15) is 0 Å². The Balaban J connectivity index is 1.58. The van der Waals surface area contributed by atoms with Gasteiger partial charge in [-0.15, -0.1) is 21.5 Å². The van der Waals surface area contributed by atoms with Crippen molar-refractivity contribution < 1.29 is 9.47 Å². The SMILES string of the molecule is C[C@H]1CCc2sc3ncn4c(-c5ccc6c(c5)OCO6)nnc4c3c2C1. The molecule has 0 fully saturated rings. The fourth-order valence-corrected chi connectivity index (χ4v) is 5.16. The summed E-state index contributed by atoms with van der Waals surface area (Å²) in [6.45, 7) is 2.59. The normalized spacial score (nSPS) is 18.6. The van der Waals surface area contributed by atoms with Crippen molar-refractivity contribution in [2.45, 2.75) is 26.2 Å². The molecule has 0 bridgehead atoms. The van der Waals surface area contributed by atoms with Gasteiger partial charge in [-0.25, -0.2) is 4.98 Å². The molecule has 4 aromatic rings. The zero-order valence-corrected chi connectivity index (χ0v) is 15.0. The maximum atomic E-state index is 5.50. The summed E-state index contributed by atoms with van der Waals surface area (Å²) in [6, 6.07) is 5.85. The Morgan fingerprint density at radius 1 is 1.19 bits per heavy atom. The number of hydrogen-bond donors (Lipinski definition) is 0. The monoisotopic (exact) mass is 364 g/mol. The second-order valence-electron chi connectivity index (χ2n) is 7.06. The predicted octanol–water partition coefficient (Wildman–Crippen LogP) is 3.86. The van der Waals surface area contributed by atoms with Gasteiger partial charge < -0.3 is 9.47 Å². The Kier molecular flexibility index (Phi) is 2.88. The summed E-state index contributed by atoms with van der Waals surface area (Å²) >= 11 is 1.81. The molecule has 3 aromatic heterocycles. The molecule has 6 nitrogen and oxygen atoms in total. The van der Waals surface area contributed by atoms with E-state index in [-0.39, 0.29) is 6.79 Å². The average Bonchev–Trinajstić information content (AvgIpc) is 3.36. The summed E-state index contributed by atoms with van der Waals surface area (Å²) < 4.78 is 12.9. The quantitative estimate of drug-likeness (QED) is 0.513. The van der Waals surface area contributed by atoms with Gasteiger partial charge in [0.2, 0.25) is 6.79 Å². The van der Waals surface area contributed by atoms with Crippen LogP contribution in [0.3, 0.4) is 0 Å². The van der Waals surface area contributed by atoms with E-state index in [4.69, 9.17) is 14.5 Å². The van der Waals surface area contributed by atoms with Gasteiger partial charge in [-0.05, 0) is 48.9 Å². The maximum absolute atomic E-state index is 5.50.